The molecule has 1 saturated heterocycles. The number of nitriles is 1. The van der Waals surface area contributed by atoms with Crippen molar-refractivity contribution < 1.29 is 4.79 Å². The summed E-state index contributed by atoms with van der Waals surface area (Å²) in [7, 11) is 1.84. The lowest BCUT2D eigenvalue weighted by Gasteiger charge is -2.49. The minimum atomic E-state index is -0.471. The number of hydrogen-bond donors (Lipinski definition) is 1. The maximum absolute atomic E-state index is 12.3. The molecule has 1 saturated carbocycles. The number of anilines is 2. The molecule has 0 radical (unpaired) electrons. The first-order chi connectivity index (χ1) is 14.6. The van der Waals surface area contributed by atoms with Crippen LogP contribution < -0.4 is 5.32 Å². The van der Waals surface area contributed by atoms with Gasteiger partial charge < -0.3 is 10.2 Å². The van der Waals surface area contributed by atoms with Gasteiger partial charge in [0.2, 0.25) is 11.9 Å². The van der Waals surface area contributed by atoms with E-state index < -0.39 is 5.54 Å². The van der Waals surface area contributed by atoms with Gasteiger partial charge in [0, 0.05) is 44.6 Å². The van der Waals surface area contributed by atoms with Gasteiger partial charge in [-0.1, -0.05) is 0 Å². The Labute approximate surface area is 173 Å². The van der Waals surface area contributed by atoms with Crippen LogP contribution in [-0.2, 0) is 17.4 Å². The molecule has 0 spiro atoms. The number of aryl methyl sites for hydroxylation is 1. The largest absolute Gasteiger partial charge is 0.337 e. The maximum atomic E-state index is 12.3. The maximum Gasteiger partial charge on any atom is 0.227 e. The van der Waals surface area contributed by atoms with Gasteiger partial charge in [0.1, 0.15) is 11.2 Å². The molecule has 4 heterocycles. The monoisotopic (exact) mass is 403 g/mol. The van der Waals surface area contributed by atoms with Crippen molar-refractivity contribution in [1.29, 1.82) is 5.26 Å². The third-order valence-corrected chi connectivity index (χ3v) is 5.57. The van der Waals surface area contributed by atoms with Crippen molar-refractivity contribution >= 4 is 17.5 Å². The summed E-state index contributed by atoms with van der Waals surface area (Å²) in [5.41, 5.74) is 1.69. The van der Waals surface area contributed by atoms with Gasteiger partial charge in [-0.3, -0.25) is 14.2 Å². The van der Waals surface area contributed by atoms with Crippen molar-refractivity contribution in [1.82, 2.24) is 34.4 Å². The molecule has 0 bridgehead atoms. The number of nitrogens with one attached hydrogen (secondary N) is 1. The molecule has 3 aromatic rings. The summed E-state index contributed by atoms with van der Waals surface area (Å²) in [4.78, 5) is 22.9. The van der Waals surface area contributed by atoms with Gasteiger partial charge in [0.15, 0.2) is 0 Å². The number of aromatic nitrogens is 6. The van der Waals surface area contributed by atoms with E-state index in [1.165, 1.54) is 0 Å². The third kappa shape index (κ3) is 3.28. The first-order valence-corrected chi connectivity index (χ1v) is 9.87. The smallest absolute Gasteiger partial charge is 0.227 e. The molecule has 0 unspecified atom stereocenters. The van der Waals surface area contributed by atoms with Crippen molar-refractivity contribution in [2.24, 2.45) is 13.0 Å². The number of carbonyl (C=O) groups excluding carboxylic acids is 1. The van der Waals surface area contributed by atoms with E-state index in [1.54, 1.807) is 23.1 Å². The lowest BCUT2D eigenvalue weighted by molar-refractivity contribution is -0.144. The topological polar surface area (TPSA) is 118 Å². The summed E-state index contributed by atoms with van der Waals surface area (Å²) in [6.45, 7) is 1.04. The number of nitrogens with zero attached hydrogens (tertiary/aromatic N) is 8. The molecular weight excluding hydrogens is 382 g/mol. The van der Waals surface area contributed by atoms with E-state index in [-0.39, 0.29) is 11.8 Å². The number of hydrogen-bond acceptors (Lipinski definition) is 7. The Morgan fingerprint density at radius 1 is 1.33 bits per heavy atom. The number of carbonyl (C=O) groups is 1. The molecule has 1 N–H and O–H groups in total. The highest BCUT2D eigenvalue weighted by molar-refractivity contribution is 5.82. The SMILES string of the molecule is Cn1cc(Nc2nccc(-c3ccn(C4(CC#N)CN(C(=O)C5CC5)C4)n3)n2)cn1. The molecule has 0 atom stereocenters. The minimum Gasteiger partial charge on any atom is -0.337 e. The lowest BCUT2D eigenvalue weighted by atomic mass is 9.86. The number of amides is 1. The normalized spacial score (nSPS) is 17.3. The summed E-state index contributed by atoms with van der Waals surface area (Å²) in [5, 5.41) is 21.3. The number of likely N-dealkylation sites (tertiary alicyclic amines) is 1. The Balaban J connectivity index is 1.35. The number of rotatable bonds is 6. The summed E-state index contributed by atoms with van der Waals surface area (Å²) in [6, 6.07) is 5.93. The lowest BCUT2D eigenvalue weighted by Crippen LogP contribution is -2.64. The van der Waals surface area contributed by atoms with Crippen LogP contribution in [0, 0.1) is 17.2 Å². The van der Waals surface area contributed by atoms with Crippen molar-refractivity contribution in [2.45, 2.75) is 24.8 Å². The van der Waals surface area contributed by atoms with Crippen LogP contribution in [0.5, 0.6) is 0 Å². The van der Waals surface area contributed by atoms with Crippen molar-refractivity contribution in [3.8, 4) is 17.5 Å². The molecule has 5 rings (SSSR count). The van der Waals surface area contributed by atoms with Crippen LogP contribution >= 0.6 is 0 Å². The quantitative estimate of drug-likeness (QED) is 0.665. The molecule has 30 heavy (non-hydrogen) atoms. The van der Waals surface area contributed by atoms with Crippen LogP contribution in [0.1, 0.15) is 19.3 Å². The first kappa shape index (κ1) is 18.3. The van der Waals surface area contributed by atoms with E-state index in [9.17, 15) is 10.1 Å². The van der Waals surface area contributed by atoms with Gasteiger partial charge in [0.25, 0.3) is 0 Å². The van der Waals surface area contributed by atoms with Crippen LogP contribution in [0.25, 0.3) is 11.4 Å². The second kappa shape index (κ2) is 6.95. The van der Waals surface area contributed by atoms with Crippen molar-refractivity contribution in [3.63, 3.8) is 0 Å². The van der Waals surface area contributed by atoms with Crippen LogP contribution in [0.4, 0.5) is 11.6 Å². The molecule has 1 amide bonds. The van der Waals surface area contributed by atoms with E-state index in [1.807, 2.05) is 35.1 Å². The second-order valence-corrected chi connectivity index (χ2v) is 7.97. The molecule has 10 nitrogen and oxygen atoms in total. The van der Waals surface area contributed by atoms with Crippen LogP contribution in [0.15, 0.2) is 36.9 Å². The molecule has 2 aliphatic rings. The van der Waals surface area contributed by atoms with Crippen molar-refractivity contribution in [2.75, 3.05) is 18.4 Å². The molecule has 3 aromatic heterocycles. The fourth-order valence-electron chi connectivity index (χ4n) is 3.79. The standard InChI is InChI=1S/C20H21N9O/c1-27-11-15(10-23-27)24-19-22-8-4-16(25-19)17-5-9-29(26-17)20(6-7-21)12-28(13-20)18(30)14-2-3-14/h4-5,8-11,14H,2-3,6,12-13H2,1H3,(H,22,24,25). The van der Waals surface area contributed by atoms with E-state index in [0.717, 1.165) is 18.5 Å². The Hall–Kier alpha value is -3.74. The zero-order valence-electron chi connectivity index (χ0n) is 16.6. The summed E-state index contributed by atoms with van der Waals surface area (Å²) in [5.74, 6) is 0.842. The zero-order chi connectivity index (χ0) is 20.7. The third-order valence-electron chi connectivity index (χ3n) is 5.57. The Bertz CT molecular complexity index is 1130. The van der Waals surface area contributed by atoms with Crippen LogP contribution in [0.2, 0.25) is 0 Å². The summed E-state index contributed by atoms with van der Waals surface area (Å²) < 4.78 is 3.51. The molecule has 1 aliphatic heterocycles. The fraction of sp³-hybridized carbons (Fsp3) is 0.400. The molecule has 10 heteroatoms. The molecule has 0 aromatic carbocycles. The molecule has 152 valence electrons. The highest BCUT2D eigenvalue weighted by atomic mass is 16.2. The highest BCUT2D eigenvalue weighted by Gasteiger charge is 2.50. The molecular formula is C20H21N9O. The Kier molecular flexibility index (Phi) is 4.24. The Morgan fingerprint density at radius 3 is 2.87 bits per heavy atom. The fourth-order valence-corrected chi connectivity index (χ4v) is 3.79. The van der Waals surface area contributed by atoms with Gasteiger partial charge in [-0.05, 0) is 25.0 Å². The average molecular weight is 403 g/mol. The van der Waals surface area contributed by atoms with Gasteiger partial charge in [-0.25, -0.2) is 9.97 Å². The minimum absolute atomic E-state index is 0.185. The van der Waals surface area contributed by atoms with Gasteiger partial charge >= 0.3 is 0 Å². The molecule has 1 aliphatic carbocycles. The zero-order valence-corrected chi connectivity index (χ0v) is 16.6. The predicted octanol–water partition coefficient (Wildman–Crippen LogP) is 1.68. The second-order valence-electron chi connectivity index (χ2n) is 7.97. The average Bonchev–Trinajstić information content (AvgIpc) is 3.30. The predicted molar refractivity (Wildman–Crippen MR) is 107 cm³/mol. The van der Waals surface area contributed by atoms with E-state index >= 15 is 0 Å². The summed E-state index contributed by atoms with van der Waals surface area (Å²) in [6.07, 6.45) is 9.33. The Morgan fingerprint density at radius 2 is 2.17 bits per heavy atom. The van der Waals surface area contributed by atoms with Gasteiger partial charge in [-0.2, -0.15) is 15.5 Å². The van der Waals surface area contributed by atoms with Crippen LogP contribution in [-0.4, -0.2) is 53.4 Å². The molecule has 2 fully saturated rings. The van der Waals surface area contributed by atoms with Gasteiger partial charge in [0.05, 0.1) is 30.1 Å². The summed E-state index contributed by atoms with van der Waals surface area (Å²) >= 11 is 0. The van der Waals surface area contributed by atoms with E-state index in [2.05, 4.69) is 26.5 Å². The van der Waals surface area contributed by atoms with Crippen molar-refractivity contribution in [3.05, 3.63) is 36.9 Å². The first-order valence-electron chi connectivity index (χ1n) is 9.87. The van der Waals surface area contributed by atoms with E-state index in [4.69, 9.17) is 5.10 Å². The van der Waals surface area contributed by atoms with Gasteiger partial charge in [-0.15, -0.1) is 0 Å². The van der Waals surface area contributed by atoms with Crippen LogP contribution in [0.3, 0.4) is 0 Å². The van der Waals surface area contributed by atoms with E-state index in [0.29, 0.717) is 36.8 Å². The highest BCUT2D eigenvalue weighted by Crippen LogP contribution is 2.38.